The summed E-state index contributed by atoms with van der Waals surface area (Å²) in [6.07, 6.45) is 0.844. The van der Waals surface area contributed by atoms with Crippen molar-refractivity contribution in [1.29, 1.82) is 0 Å². The van der Waals surface area contributed by atoms with Crippen molar-refractivity contribution in [2.45, 2.75) is 26.3 Å². The molecule has 0 aliphatic carbocycles. The van der Waals surface area contributed by atoms with Crippen LogP contribution in [0.3, 0.4) is 0 Å². The topological polar surface area (TPSA) is 88.2 Å². The lowest BCUT2D eigenvalue weighted by atomic mass is 10.2. The van der Waals surface area contributed by atoms with Crippen molar-refractivity contribution in [3.63, 3.8) is 0 Å². The lowest BCUT2D eigenvalue weighted by Gasteiger charge is -2.15. The minimum Gasteiger partial charge on any atom is -0.477 e. The number of aromatic nitrogens is 1. The number of nitrogen functional groups attached to an aromatic ring is 1. The number of thiophene rings is 1. The fraction of sp³-hybridized carbons (Fsp3) is 0.286. The average Bonchev–Trinajstić information content (AvgIpc) is 2.77. The highest BCUT2D eigenvalue weighted by atomic mass is 32.1. The summed E-state index contributed by atoms with van der Waals surface area (Å²) in [6.45, 7) is 4.09. The molecule has 2 heterocycles. The fourth-order valence-electron chi connectivity index (χ4n) is 1.89. The van der Waals surface area contributed by atoms with Gasteiger partial charge in [0.05, 0.1) is 5.69 Å². The second kappa shape index (κ2) is 5.92. The summed E-state index contributed by atoms with van der Waals surface area (Å²) in [5.74, 6) is -0.639. The molecule has 0 aliphatic heterocycles. The van der Waals surface area contributed by atoms with Gasteiger partial charge in [-0.05, 0) is 38.1 Å². The first kappa shape index (κ1) is 14.3. The van der Waals surface area contributed by atoms with E-state index in [0.29, 0.717) is 11.5 Å². The van der Waals surface area contributed by atoms with E-state index in [-0.39, 0.29) is 11.7 Å². The Bertz CT molecular complexity index is 625. The van der Waals surface area contributed by atoms with Crippen molar-refractivity contribution >= 4 is 28.8 Å². The molecule has 0 saturated heterocycles. The van der Waals surface area contributed by atoms with Gasteiger partial charge in [0.1, 0.15) is 5.82 Å². The molecule has 1 unspecified atom stereocenters. The smallest absolute Gasteiger partial charge is 0.354 e. The van der Waals surface area contributed by atoms with Gasteiger partial charge in [0.15, 0.2) is 5.69 Å². The van der Waals surface area contributed by atoms with Gasteiger partial charge < -0.3 is 16.2 Å². The molecule has 0 aromatic carbocycles. The van der Waals surface area contributed by atoms with Crippen LogP contribution in [-0.4, -0.2) is 22.1 Å². The molecule has 20 heavy (non-hydrogen) atoms. The van der Waals surface area contributed by atoms with E-state index in [1.165, 1.54) is 15.8 Å². The summed E-state index contributed by atoms with van der Waals surface area (Å²) in [4.78, 5) is 17.5. The summed E-state index contributed by atoms with van der Waals surface area (Å²) in [6, 6.07) is 7.26. The molecule has 0 saturated carbocycles. The maximum atomic E-state index is 10.9. The van der Waals surface area contributed by atoms with Gasteiger partial charge in [-0.25, -0.2) is 9.78 Å². The summed E-state index contributed by atoms with van der Waals surface area (Å²) in [5.41, 5.74) is 6.26. The maximum Gasteiger partial charge on any atom is 0.354 e. The molecule has 0 spiro atoms. The molecule has 106 valence electrons. The van der Waals surface area contributed by atoms with Crippen molar-refractivity contribution in [3.05, 3.63) is 39.7 Å². The lowest BCUT2D eigenvalue weighted by molar-refractivity contribution is 0.0690. The molecule has 2 aromatic rings. The summed E-state index contributed by atoms with van der Waals surface area (Å²) >= 11 is 1.75. The van der Waals surface area contributed by atoms with E-state index >= 15 is 0 Å². The Morgan fingerprint density at radius 2 is 2.20 bits per heavy atom. The molecular formula is C14H17N3O2S. The normalized spacial score (nSPS) is 12.1. The predicted octanol–water partition coefficient (Wildman–Crippen LogP) is 2.78. The zero-order chi connectivity index (χ0) is 14.7. The van der Waals surface area contributed by atoms with Gasteiger partial charge >= 0.3 is 5.97 Å². The molecule has 1 atom stereocenters. The van der Waals surface area contributed by atoms with Gasteiger partial charge in [0.2, 0.25) is 0 Å². The third-order valence-corrected chi connectivity index (χ3v) is 3.86. The number of carboxylic acid groups (broad SMARTS) is 1. The van der Waals surface area contributed by atoms with E-state index in [4.69, 9.17) is 10.8 Å². The zero-order valence-corrected chi connectivity index (χ0v) is 12.2. The van der Waals surface area contributed by atoms with Gasteiger partial charge in [0, 0.05) is 22.2 Å². The highest BCUT2D eigenvalue weighted by Crippen LogP contribution is 2.20. The van der Waals surface area contributed by atoms with Crippen LogP contribution < -0.4 is 11.1 Å². The van der Waals surface area contributed by atoms with Crippen molar-refractivity contribution in [3.8, 4) is 0 Å². The number of carbonyl (C=O) groups is 1. The largest absolute Gasteiger partial charge is 0.477 e. The SMILES string of the molecule is Cc1ccc(CC(C)Nc2nc(C(=O)O)ccc2N)s1. The molecule has 0 radical (unpaired) electrons. The van der Waals surface area contributed by atoms with Crippen LogP contribution in [0.25, 0.3) is 0 Å². The standard InChI is InChI=1S/C14H17N3O2S/c1-8(7-10-4-3-9(2)20-10)16-13-11(15)5-6-12(17-13)14(18)19/h3-6,8H,7,15H2,1-2H3,(H,16,17)(H,18,19). The second-order valence-electron chi connectivity index (χ2n) is 4.70. The molecule has 0 amide bonds. The Balaban J connectivity index is 2.08. The summed E-state index contributed by atoms with van der Waals surface area (Å²) in [5, 5.41) is 12.1. The first-order chi connectivity index (χ1) is 9.45. The number of aryl methyl sites for hydroxylation is 1. The van der Waals surface area contributed by atoms with E-state index in [9.17, 15) is 4.79 Å². The first-order valence-electron chi connectivity index (χ1n) is 6.27. The van der Waals surface area contributed by atoms with Crippen LogP contribution in [0.1, 0.15) is 27.2 Å². The zero-order valence-electron chi connectivity index (χ0n) is 11.4. The number of anilines is 2. The lowest BCUT2D eigenvalue weighted by Crippen LogP contribution is -2.20. The van der Waals surface area contributed by atoms with Crippen molar-refractivity contribution in [2.24, 2.45) is 0 Å². The van der Waals surface area contributed by atoms with Crippen LogP contribution in [0.2, 0.25) is 0 Å². The third-order valence-electron chi connectivity index (χ3n) is 2.83. The number of nitrogens with zero attached hydrogens (tertiary/aromatic N) is 1. The number of rotatable bonds is 5. The third kappa shape index (κ3) is 3.48. The molecule has 0 fully saturated rings. The molecule has 5 nitrogen and oxygen atoms in total. The Kier molecular flexibility index (Phi) is 4.24. The molecule has 2 rings (SSSR count). The highest BCUT2D eigenvalue weighted by molar-refractivity contribution is 7.11. The van der Waals surface area contributed by atoms with Crippen molar-refractivity contribution in [1.82, 2.24) is 4.98 Å². The van der Waals surface area contributed by atoms with Crippen LogP contribution in [0.15, 0.2) is 24.3 Å². The van der Waals surface area contributed by atoms with Crippen LogP contribution in [0, 0.1) is 6.92 Å². The predicted molar refractivity (Wildman–Crippen MR) is 81.5 cm³/mol. The van der Waals surface area contributed by atoms with E-state index in [1.807, 2.05) is 6.92 Å². The molecule has 2 aromatic heterocycles. The monoisotopic (exact) mass is 291 g/mol. The molecule has 0 bridgehead atoms. The highest BCUT2D eigenvalue weighted by Gasteiger charge is 2.11. The Morgan fingerprint density at radius 1 is 1.45 bits per heavy atom. The molecule has 4 N–H and O–H groups in total. The van der Waals surface area contributed by atoms with Crippen LogP contribution >= 0.6 is 11.3 Å². The minimum absolute atomic E-state index is 0.0131. The minimum atomic E-state index is -1.06. The van der Waals surface area contributed by atoms with E-state index in [2.05, 4.69) is 29.4 Å². The molecule has 0 aliphatic rings. The number of pyridine rings is 1. The van der Waals surface area contributed by atoms with E-state index in [0.717, 1.165) is 6.42 Å². The fourth-order valence-corrected chi connectivity index (χ4v) is 2.90. The van der Waals surface area contributed by atoms with Crippen molar-refractivity contribution in [2.75, 3.05) is 11.1 Å². The van der Waals surface area contributed by atoms with Crippen LogP contribution in [0.5, 0.6) is 0 Å². The van der Waals surface area contributed by atoms with Crippen LogP contribution in [-0.2, 0) is 6.42 Å². The summed E-state index contributed by atoms with van der Waals surface area (Å²) in [7, 11) is 0. The van der Waals surface area contributed by atoms with Gasteiger partial charge in [-0.2, -0.15) is 0 Å². The van der Waals surface area contributed by atoms with E-state index < -0.39 is 5.97 Å². The summed E-state index contributed by atoms with van der Waals surface area (Å²) < 4.78 is 0. The number of aromatic carboxylic acids is 1. The first-order valence-corrected chi connectivity index (χ1v) is 7.09. The van der Waals surface area contributed by atoms with Gasteiger partial charge in [-0.15, -0.1) is 11.3 Å². The number of nitrogens with two attached hydrogens (primary N) is 1. The van der Waals surface area contributed by atoms with Gasteiger partial charge in [0.25, 0.3) is 0 Å². The number of carboxylic acids is 1. The second-order valence-corrected chi connectivity index (χ2v) is 6.07. The molecule has 6 heteroatoms. The quantitative estimate of drug-likeness (QED) is 0.788. The Hall–Kier alpha value is -2.08. The van der Waals surface area contributed by atoms with E-state index in [1.54, 1.807) is 17.4 Å². The van der Waals surface area contributed by atoms with Gasteiger partial charge in [-0.1, -0.05) is 0 Å². The molecular weight excluding hydrogens is 274 g/mol. The maximum absolute atomic E-state index is 10.9. The number of hydrogen-bond donors (Lipinski definition) is 3. The van der Waals surface area contributed by atoms with Crippen molar-refractivity contribution < 1.29 is 9.90 Å². The Morgan fingerprint density at radius 3 is 2.80 bits per heavy atom. The number of hydrogen-bond acceptors (Lipinski definition) is 5. The number of nitrogens with one attached hydrogen (secondary N) is 1. The Labute approximate surface area is 121 Å². The van der Waals surface area contributed by atoms with Crippen LogP contribution in [0.4, 0.5) is 11.5 Å². The average molecular weight is 291 g/mol. The van der Waals surface area contributed by atoms with Gasteiger partial charge in [-0.3, -0.25) is 0 Å².